The van der Waals surface area contributed by atoms with Crippen LogP contribution in [-0.2, 0) is 0 Å². The molecule has 0 saturated carbocycles. The van der Waals surface area contributed by atoms with Gasteiger partial charge in [0.15, 0.2) is 0 Å². The summed E-state index contributed by atoms with van der Waals surface area (Å²) in [5, 5.41) is 0. The molecule has 0 saturated heterocycles. The van der Waals surface area contributed by atoms with E-state index in [4.69, 9.17) is 0 Å². The molecule has 0 rings (SSSR count). The van der Waals surface area contributed by atoms with Crippen LogP contribution in [0.3, 0.4) is 0 Å². The number of hydrogen-bond donors (Lipinski definition) is 0. The largest absolute Gasteiger partial charge is 0.0654 e. The summed E-state index contributed by atoms with van der Waals surface area (Å²) >= 11 is 0. The minimum Gasteiger partial charge on any atom is -0.0654 e. The van der Waals surface area contributed by atoms with Crippen molar-refractivity contribution in [3.05, 3.63) is 0 Å². The lowest BCUT2D eigenvalue weighted by atomic mass is 9.95. The second kappa shape index (κ2) is 30.2. The van der Waals surface area contributed by atoms with Gasteiger partial charge in [-0.15, -0.1) is 0 Å². The van der Waals surface area contributed by atoms with Gasteiger partial charge in [0, 0.05) is 0 Å². The Labute approximate surface area is 225 Å². The van der Waals surface area contributed by atoms with E-state index in [1.54, 1.807) is 0 Å². The van der Waals surface area contributed by atoms with Crippen LogP contribution < -0.4 is 0 Å². The Hall–Kier alpha value is 0. The summed E-state index contributed by atoms with van der Waals surface area (Å²) in [5.41, 5.74) is 0. The number of unbranched alkanes of at least 4 members (excludes halogenated alkanes) is 22. The van der Waals surface area contributed by atoms with Gasteiger partial charge in [0.1, 0.15) is 0 Å². The Bertz CT molecular complexity index is 359. The van der Waals surface area contributed by atoms with Crippen molar-refractivity contribution in [1.29, 1.82) is 0 Å². The summed E-state index contributed by atoms with van der Waals surface area (Å²) in [6.45, 7) is 9.61. The topological polar surface area (TPSA) is 0 Å². The predicted octanol–water partition coefficient (Wildman–Crippen LogP) is 13.6. The van der Waals surface area contributed by atoms with Crippen molar-refractivity contribution in [1.82, 2.24) is 0 Å². The fourth-order valence-corrected chi connectivity index (χ4v) is 5.77. The highest BCUT2D eigenvalue weighted by Crippen LogP contribution is 2.20. The molecule has 0 spiro atoms. The van der Waals surface area contributed by atoms with Crippen LogP contribution in [0.1, 0.15) is 214 Å². The molecular formula is C35H72. The Morgan fingerprint density at radius 1 is 0.257 bits per heavy atom. The lowest BCUT2D eigenvalue weighted by molar-refractivity contribution is 0.427. The van der Waals surface area contributed by atoms with Crippen LogP contribution in [0.4, 0.5) is 0 Å². The van der Waals surface area contributed by atoms with E-state index in [2.05, 4.69) is 27.7 Å². The summed E-state index contributed by atoms with van der Waals surface area (Å²) in [4.78, 5) is 0. The molecule has 0 aromatic heterocycles. The Balaban J connectivity index is 3.19. The maximum atomic E-state index is 2.50. The summed E-state index contributed by atoms with van der Waals surface area (Å²) in [5.74, 6) is 1.93. The van der Waals surface area contributed by atoms with Crippen molar-refractivity contribution in [3.63, 3.8) is 0 Å². The second-order valence-electron chi connectivity index (χ2n) is 12.5. The van der Waals surface area contributed by atoms with Crippen LogP contribution >= 0.6 is 0 Å². The molecule has 0 nitrogen and oxygen atoms in total. The van der Waals surface area contributed by atoms with Crippen LogP contribution in [-0.4, -0.2) is 0 Å². The quantitative estimate of drug-likeness (QED) is 0.0874. The van der Waals surface area contributed by atoms with E-state index < -0.39 is 0 Å². The molecule has 0 aromatic carbocycles. The highest BCUT2D eigenvalue weighted by Gasteiger charge is 2.03. The van der Waals surface area contributed by atoms with Crippen LogP contribution in [0.2, 0.25) is 0 Å². The molecule has 212 valence electrons. The van der Waals surface area contributed by atoms with E-state index in [-0.39, 0.29) is 0 Å². The first-order valence-corrected chi connectivity index (χ1v) is 17.2. The molecular weight excluding hydrogens is 420 g/mol. The van der Waals surface area contributed by atoms with E-state index in [1.165, 1.54) is 186 Å². The van der Waals surface area contributed by atoms with E-state index in [0.717, 1.165) is 11.8 Å². The lowest BCUT2D eigenvalue weighted by Crippen LogP contribution is -1.95. The lowest BCUT2D eigenvalue weighted by Gasteiger charge is -2.11. The van der Waals surface area contributed by atoms with Crippen molar-refractivity contribution in [2.75, 3.05) is 0 Å². The molecule has 0 heterocycles. The molecule has 0 aliphatic heterocycles. The van der Waals surface area contributed by atoms with Gasteiger partial charge in [-0.2, -0.15) is 0 Å². The fourth-order valence-electron chi connectivity index (χ4n) is 5.77. The van der Waals surface area contributed by atoms with Crippen LogP contribution in [0.5, 0.6) is 0 Å². The molecule has 2 atom stereocenters. The molecule has 35 heavy (non-hydrogen) atoms. The van der Waals surface area contributed by atoms with Gasteiger partial charge in [-0.3, -0.25) is 0 Å². The highest BCUT2D eigenvalue weighted by atomic mass is 14.1. The number of hydrogen-bond acceptors (Lipinski definition) is 0. The zero-order chi connectivity index (χ0) is 25.7. The highest BCUT2D eigenvalue weighted by molar-refractivity contribution is 4.57. The first kappa shape index (κ1) is 35.0. The van der Waals surface area contributed by atoms with Gasteiger partial charge in [0.2, 0.25) is 0 Å². The average Bonchev–Trinajstić information content (AvgIpc) is 2.85. The first-order chi connectivity index (χ1) is 17.2. The minimum absolute atomic E-state index is 0.966. The fraction of sp³-hybridized carbons (Fsp3) is 1.00. The monoisotopic (exact) mass is 493 g/mol. The van der Waals surface area contributed by atoms with Crippen molar-refractivity contribution in [3.8, 4) is 0 Å². The average molecular weight is 493 g/mol. The van der Waals surface area contributed by atoms with Crippen LogP contribution in [0, 0.1) is 11.8 Å². The molecule has 0 radical (unpaired) electrons. The van der Waals surface area contributed by atoms with Gasteiger partial charge in [-0.1, -0.05) is 214 Å². The van der Waals surface area contributed by atoms with Crippen molar-refractivity contribution < 1.29 is 0 Å². The van der Waals surface area contributed by atoms with Gasteiger partial charge >= 0.3 is 0 Å². The maximum absolute atomic E-state index is 2.50. The molecule has 0 aliphatic rings. The summed E-state index contributed by atoms with van der Waals surface area (Å²) in [7, 11) is 0. The SMILES string of the molecule is CCCCCCCCCCC(C)CCCCCCCCCCCCCC(C)CCCCCCCC. The van der Waals surface area contributed by atoms with Crippen LogP contribution in [0.25, 0.3) is 0 Å². The second-order valence-corrected chi connectivity index (χ2v) is 12.5. The van der Waals surface area contributed by atoms with Crippen LogP contribution in [0.15, 0.2) is 0 Å². The molecule has 2 unspecified atom stereocenters. The zero-order valence-electron chi connectivity index (χ0n) is 25.7. The van der Waals surface area contributed by atoms with Gasteiger partial charge in [-0.25, -0.2) is 0 Å². The summed E-state index contributed by atoms with van der Waals surface area (Å²) < 4.78 is 0. The van der Waals surface area contributed by atoms with Crippen molar-refractivity contribution >= 4 is 0 Å². The Morgan fingerprint density at radius 3 is 0.629 bits per heavy atom. The zero-order valence-corrected chi connectivity index (χ0v) is 25.7. The normalized spacial score (nSPS) is 13.4. The molecule has 0 fully saturated rings. The molecule has 0 N–H and O–H groups in total. The minimum atomic E-state index is 0.966. The third kappa shape index (κ3) is 30.1. The molecule has 0 amide bonds. The molecule has 0 aromatic rings. The number of rotatable bonds is 30. The summed E-state index contributed by atoms with van der Waals surface area (Å²) in [6.07, 6.45) is 42.6. The van der Waals surface area contributed by atoms with E-state index in [0.29, 0.717) is 0 Å². The van der Waals surface area contributed by atoms with Crippen molar-refractivity contribution in [2.45, 2.75) is 214 Å². The van der Waals surface area contributed by atoms with Gasteiger partial charge in [0.25, 0.3) is 0 Å². The van der Waals surface area contributed by atoms with E-state index in [1.807, 2.05) is 0 Å². The van der Waals surface area contributed by atoms with E-state index >= 15 is 0 Å². The summed E-state index contributed by atoms with van der Waals surface area (Å²) in [6, 6.07) is 0. The first-order valence-electron chi connectivity index (χ1n) is 17.2. The van der Waals surface area contributed by atoms with Gasteiger partial charge < -0.3 is 0 Å². The third-order valence-corrected chi connectivity index (χ3v) is 8.49. The van der Waals surface area contributed by atoms with Gasteiger partial charge in [-0.05, 0) is 11.8 Å². The van der Waals surface area contributed by atoms with Gasteiger partial charge in [0.05, 0.1) is 0 Å². The standard InChI is InChI=1S/C35H72/c1-5-7-9-11-13-19-23-27-31-35(4)33-29-25-21-18-16-14-15-17-20-24-28-32-34(3)30-26-22-12-10-8-6-2/h34-35H,5-33H2,1-4H3. The third-order valence-electron chi connectivity index (χ3n) is 8.49. The molecule has 0 heteroatoms. The Kier molecular flexibility index (Phi) is 30.2. The predicted molar refractivity (Wildman–Crippen MR) is 164 cm³/mol. The maximum Gasteiger partial charge on any atom is -0.0443 e. The smallest absolute Gasteiger partial charge is 0.0443 e. The molecule has 0 aliphatic carbocycles. The van der Waals surface area contributed by atoms with Crippen molar-refractivity contribution in [2.24, 2.45) is 11.8 Å². The molecule has 0 bridgehead atoms. The Morgan fingerprint density at radius 2 is 0.429 bits per heavy atom. The van der Waals surface area contributed by atoms with E-state index in [9.17, 15) is 0 Å².